The number of nitrogens with zero attached hydrogens (tertiary/aromatic N) is 3. The number of aryl methyl sites for hydroxylation is 2. The minimum atomic E-state index is -0.185. The van der Waals surface area contributed by atoms with Crippen molar-refractivity contribution in [2.24, 2.45) is 5.84 Å². The van der Waals surface area contributed by atoms with E-state index >= 15 is 0 Å². The Morgan fingerprint density at radius 3 is 2.33 bits per heavy atom. The van der Waals surface area contributed by atoms with Crippen LogP contribution in [0.25, 0.3) is 0 Å². The standard InChI is InChI=1S/C13H17FN6O/c1-7-4-9(5-8(2)10(7)14)6-16-11-17-12(20-15)19-13(18-11)21-3/h4-5H,6,15H2,1-3H3,(H2,16,17,18,19,20). The van der Waals surface area contributed by atoms with Gasteiger partial charge >= 0.3 is 6.01 Å². The quantitative estimate of drug-likeness (QED) is 0.568. The second-order valence-corrected chi connectivity index (χ2v) is 4.51. The monoisotopic (exact) mass is 292 g/mol. The molecule has 112 valence electrons. The molecule has 0 amide bonds. The first kappa shape index (κ1) is 14.9. The highest BCUT2D eigenvalue weighted by Crippen LogP contribution is 2.16. The van der Waals surface area contributed by atoms with Crippen LogP contribution < -0.4 is 21.3 Å². The van der Waals surface area contributed by atoms with Gasteiger partial charge in [-0.3, -0.25) is 5.43 Å². The van der Waals surface area contributed by atoms with Crippen molar-refractivity contribution >= 4 is 11.9 Å². The summed E-state index contributed by atoms with van der Waals surface area (Å²) in [5, 5.41) is 3.02. The molecule has 0 unspecified atom stereocenters. The zero-order chi connectivity index (χ0) is 15.4. The Hall–Kier alpha value is -2.48. The maximum atomic E-state index is 13.6. The van der Waals surface area contributed by atoms with Crippen molar-refractivity contribution < 1.29 is 9.13 Å². The van der Waals surface area contributed by atoms with Crippen LogP contribution in [0.1, 0.15) is 16.7 Å². The molecule has 1 heterocycles. The zero-order valence-electron chi connectivity index (χ0n) is 12.1. The van der Waals surface area contributed by atoms with Crippen molar-refractivity contribution in [3.8, 4) is 6.01 Å². The van der Waals surface area contributed by atoms with E-state index in [0.29, 0.717) is 23.6 Å². The maximum absolute atomic E-state index is 13.6. The minimum absolute atomic E-state index is 0.145. The molecule has 0 saturated heterocycles. The van der Waals surface area contributed by atoms with Crippen LogP contribution in [0.3, 0.4) is 0 Å². The number of halogens is 1. The topological polar surface area (TPSA) is 98.0 Å². The van der Waals surface area contributed by atoms with Crippen LogP contribution in [0.5, 0.6) is 6.01 Å². The molecule has 0 radical (unpaired) electrons. The predicted molar refractivity (Wildman–Crippen MR) is 77.4 cm³/mol. The first-order valence-electron chi connectivity index (χ1n) is 6.29. The van der Waals surface area contributed by atoms with Gasteiger partial charge in [0.2, 0.25) is 11.9 Å². The number of anilines is 2. The fourth-order valence-electron chi connectivity index (χ4n) is 1.91. The third kappa shape index (κ3) is 3.54. The predicted octanol–water partition coefficient (Wildman–Crippen LogP) is 1.53. The number of methoxy groups -OCH3 is 1. The first-order chi connectivity index (χ1) is 10.0. The molecule has 0 spiro atoms. The highest BCUT2D eigenvalue weighted by atomic mass is 19.1. The summed E-state index contributed by atoms with van der Waals surface area (Å²) >= 11 is 0. The Kier molecular flexibility index (Phi) is 4.49. The molecule has 7 nitrogen and oxygen atoms in total. The molecule has 2 aromatic rings. The van der Waals surface area contributed by atoms with E-state index in [4.69, 9.17) is 10.6 Å². The lowest BCUT2D eigenvalue weighted by atomic mass is 10.1. The molecule has 2 rings (SSSR count). The average Bonchev–Trinajstić information content (AvgIpc) is 2.49. The normalized spacial score (nSPS) is 10.3. The molecule has 0 aliphatic rings. The van der Waals surface area contributed by atoms with Gasteiger partial charge in [-0.25, -0.2) is 10.2 Å². The summed E-state index contributed by atoms with van der Waals surface area (Å²) in [4.78, 5) is 12.0. The molecule has 1 aromatic heterocycles. The summed E-state index contributed by atoms with van der Waals surface area (Å²) in [6.45, 7) is 3.90. The second kappa shape index (κ2) is 6.31. The number of rotatable bonds is 5. The van der Waals surface area contributed by atoms with Crippen molar-refractivity contribution in [2.75, 3.05) is 17.9 Å². The van der Waals surface area contributed by atoms with Gasteiger partial charge in [-0.05, 0) is 30.5 Å². The maximum Gasteiger partial charge on any atom is 0.322 e. The van der Waals surface area contributed by atoms with Gasteiger partial charge in [-0.15, -0.1) is 0 Å². The summed E-state index contributed by atoms with van der Waals surface area (Å²) < 4.78 is 18.5. The van der Waals surface area contributed by atoms with E-state index in [2.05, 4.69) is 25.7 Å². The number of nitrogens with one attached hydrogen (secondary N) is 2. The molecule has 1 aromatic carbocycles. The van der Waals surface area contributed by atoms with Crippen molar-refractivity contribution in [1.29, 1.82) is 0 Å². The molecular formula is C13H17FN6O. The second-order valence-electron chi connectivity index (χ2n) is 4.51. The summed E-state index contributed by atoms with van der Waals surface area (Å²) in [6.07, 6.45) is 0. The van der Waals surface area contributed by atoms with E-state index in [1.165, 1.54) is 7.11 Å². The summed E-state index contributed by atoms with van der Waals surface area (Å²) in [5.74, 6) is 5.60. The number of hydrazine groups is 1. The Bertz CT molecular complexity index is 603. The van der Waals surface area contributed by atoms with Gasteiger partial charge in [0.15, 0.2) is 0 Å². The average molecular weight is 292 g/mol. The molecular weight excluding hydrogens is 275 g/mol. The SMILES string of the molecule is COc1nc(NN)nc(NCc2cc(C)c(F)c(C)c2)n1. The fraction of sp³-hybridized carbons (Fsp3) is 0.308. The van der Waals surface area contributed by atoms with E-state index < -0.39 is 0 Å². The molecule has 0 bridgehead atoms. The van der Waals surface area contributed by atoms with Crippen molar-refractivity contribution in [2.45, 2.75) is 20.4 Å². The molecule has 0 saturated carbocycles. The molecule has 8 heteroatoms. The molecule has 21 heavy (non-hydrogen) atoms. The Labute approximate surface area is 121 Å². The lowest BCUT2D eigenvalue weighted by Crippen LogP contribution is -2.14. The zero-order valence-corrected chi connectivity index (χ0v) is 12.1. The van der Waals surface area contributed by atoms with E-state index in [1.54, 1.807) is 26.0 Å². The number of nitrogens with two attached hydrogens (primary N) is 1. The molecule has 0 atom stereocenters. The summed E-state index contributed by atoms with van der Waals surface area (Å²) in [7, 11) is 1.45. The lowest BCUT2D eigenvalue weighted by molar-refractivity contribution is 0.379. The molecule has 0 fully saturated rings. The fourth-order valence-corrected chi connectivity index (χ4v) is 1.91. The van der Waals surface area contributed by atoms with Crippen molar-refractivity contribution in [3.05, 3.63) is 34.6 Å². The number of ether oxygens (including phenoxy) is 1. The first-order valence-corrected chi connectivity index (χ1v) is 6.29. The number of benzene rings is 1. The van der Waals surface area contributed by atoms with E-state index in [1.807, 2.05) is 0 Å². The summed E-state index contributed by atoms with van der Waals surface area (Å²) in [6, 6.07) is 3.69. The lowest BCUT2D eigenvalue weighted by Gasteiger charge is -2.09. The van der Waals surface area contributed by atoms with Gasteiger partial charge in [0.1, 0.15) is 5.82 Å². The highest BCUT2D eigenvalue weighted by molar-refractivity contribution is 5.37. The number of hydrogen-bond acceptors (Lipinski definition) is 7. The number of aromatic nitrogens is 3. The van der Waals surface area contributed by atoms with E-state index in [-0.39, 0.29) is 17.8 Å². The molecule has 0 aliphatic carbocycles. The largest absolute Gasteiger partial charge is 0.467 e. The minimum Gasteiger partial charge on any atom is -0.467 e. The number of hydrogen-bond donors (Lipinski definition) is 3. The highest BCUT2D eigenvalue weighted by Gasteiger charge is 2.07. The van der Waals surface area contributed by atoms with Gasteiger partial charge in [-0.2, -0.15) is 15.0 Å². The number of nitrogen functional groups attached to an aromatic ring is 1. The molecule has 0 aliphatic heterocycles. The third-order valence-electron chi connectivity index (χ3n) is 2.87. The van der Waals surface area contributed by atoms with Crippen molar-refractivity contribution in [1.82, 2.24) is 15.0 Å². The van der Waals surface area contributed by atoms with Gasteiger partial charge in [0.05, 0.1) is 7.11 Å². The van der Waals surface area contributed by atoms with Crippen LogP contribution in [0, 0.1) is 19.7 Å². The van der Waals surface area contributed by atoms with Gasteiger partial charge in [-0.1, -0.05) is 12.1 Å². The van der Waals surface area contributed by atoms with Crippen LogP contribution in [-0.4, -0.2) is 22.1 Å². The van der Waals surface area contributed by atoms with Crippen LogP contribution in [0.2, 0.25) is 0 Å². The van der Waals surface area contributed by atoms with Crippen molar-refractivity contribution in [3.63, 3.8) is 0 Å². The van der Waals surface area contributed by atoms with Gasteiger partial charge < -0.3 is 10.1 Å². The van der Waals surface area contributed by atoms with Crippen LogP contribution in [0.4, 0.5) is 16.3 Å². The third-order valence-corrected chi connectivity index (χ3v) is 2.87. The van der Waals surface area contributed by atoms with Crippen LogP contribution in [0.15, 0.2) is 12.1 Å². The smallest absolute Gasteiger partial charge is 0.322 e. The Morgan fingerprint density at radius 2 is 1.76 bits per heavy atom. The Morgan fingerprint density at radius 1 is 1.14 bits per heavy atom. The van der Waals surface area contributed by atoms with Gasteiger partial charge in [0.25, 0.3) is 0 Å². The van der Waals surface area contributed by atoms with E-state index in [0.717, 1.165) is 5.56 Å². The molecule has 4 N–H and O–H groups in total. The van der Waals surface area contributed by atoms with Gasteiger partial charge in [0, 0.05) is 6.54 Å². The van der Waals surface area contributed by atoms with E-state index in [9.17, 15) is 4.39 Å². The Balaban J connectivity index is 2.16. The summed E-state index contributed by atoms with van der Waals surface area (Å²) in [5.41, 5.74) is 4.46. The van der Waals surface area contributed by atoms with Crippen LogP contribution in [-0.2, 0) is 6.54 Å². The van der Waals surface area contributed by atoms with Crippen LogP contribution >= 0.6 is 0 Å².